The quantitative estimate of drug-likeness (QED) is 0.289. The van der Waals surface area contributed by atoms with Crippen LogP contribution in [0.2, 0.25) is 0 Å². The lowest BCUT2D eigenvalue weighted by Crippen LogP contribution is -2.01. The molecule has 0 saturated heterocycles. The first-order valence-electron chi connectivity index (χ1n) is 10.7. The highest BCUT2D eigenvalue weighted by atomic mass is 16.3. The van der Waals surface area contributed by atoms with Gasteiger partial charge in [0.1, 0.15) is 11.3 Å². The van der Waals surface area contributed by atoms with Crippen molar-refractivity contribution in [1.82, 2.24) is 0 Å². The van der Waals surface area contributed by atoms with Gasteiger partial charge in [0.05, 0.1) is 0 Å². The first kappa shape index (κ1) is 15.2. The molecule has 1 heteroatoms. The Morgan fingerprint density at radius 1 is 0.750 bits per heavy atom. The van der Waals surface area contributed by atoms with Crippen LogP contribution in [0.3, 0.4) is 0 Å². The molecule has 0 bridgehead atoms. The van der Waals surface area contributed by atoms with E-state index < -0.39 is 0 Å². The minimum Gasteiger partial charge on any atom is -0.460 e. The normalized spacial score (nSPS) is 16.9. The Morgan fingerprint density at radius 2 is 1.68 bits per heavy atom. The number of aryl methyl sites for hydroxylation is 3. The summed E-state index contributed by atoms with van der Waals surface area (Å²) in [7, 11) is 0. The second-order valence-corrected chi connectivity index (χ2v) is 8.60. The zero-order valence-electron chi connectivity index (χ0n) is 16.0. The first-order chi connectivity index (χ1) is 13.9. The third-order valence-corrected chi connectivity index (χ3v) is 7.14. The van der Waals surface area contributed by atoms with Gasteiger partial charge in [-0.15, -0.1) is 0 Å². The highest BCUT2D eigenvalue weighted by molar-refractivity contribution is 6.16. The highest BCUT2D eigenvalue weighted by Gasteiger charge is 2.28. The molecule has 3 aromatic carbocycles. The number of rotatable bonds is 0. The van der Waals surface area contributed by atoms with Gasteiger partial charge in [-0.2, -0.15) is 0 Å². The van der Waals surface area contributed by atoms with Crippen molar-refractivity contribution in [1.29, 1.82) is 0 Å². The van der Waals surface area contributed by atoms with E-state index in [2.05, 4.69) is 48.6 Å². The van der Waals surface area contributed by atoms with Gasteiger partial charge >= 0.3 is 0 Å². The summed E-state index contributed by atoms with van der Waals surface area (Å²) in [4.78, 5) is 0. The summed E-state index contributed by atoms with van der Waals surface area (Å²) in [6, 6.07) is 13.7. The number of allylic oxidation sites excluding steroid dienone is 1. The average molecular weight is 362 g/mol. The maximum atomic E-state index is 6.60. The van der Waals surface area contributed by atoms with Crippen LogP contribution in [0.1, 0.15) is 52.8 Å². The molecule has 28 heavy (non-hydrogen) atoms. The van der Waals surface area contributed by atoms with E-state index in [1.165, 1.54) is 85.7 Å². The van der Waals surface area contributed by atoms with Crippen LogP contribution in [0.5, 0.6) is 0 Å². The van der Waals surface area contributed by atoms with Gasteiger partial charge in [0.15, 0.2) is 0 Å². The molecule has 4 aromatic rings. The van der Waals surface area contributed by atoms with E-state index in [0.29, 0.717) is 0 Å². The van der Waals surface area contributed by atoms with Crippen molar-refractivity contribution >= 4 is 27.8 Å². The van der Waals surface area contributed by atoms with E-state index in [9.17, 15) is 0 Å². The van der Waals surface area contributed by atoms with E-state index in [1.54, 1.807) is 0 Å². The summed E-state index contributed by atoms with van der Waals surface area (Å²) < 4.78 is 6.60. The second kappa shape index (κ2) is 5.38. The van der Waals surface area contributed by atoms with Crippen molar-refractivity contribution in [2.45, 2.75) is 44.9 Å². The summed E-state index contributed by atoms with van der Waals surface area (Å²) in [5.41, 5.74) is 11.4. The van der Waals surface area contributed by atoms with Crippen LogP contribution in [0, 0.1) is 0 Å². The predicted molar refractivity (Wildman–Crippen MR) is 116 cm³/mol. The van der Waals surface area contributed by atoms with Crippen molar-refractivity contribution in [3.8, 4) is 11.1 Å². The minimum atomic E-state index is 1.04. The molecule has 3 aliphatic rings. The lowest BCUT2D eigenvalue weighted by atomic mass is 9.84. The maximum Gasteiger partial charge on any atom is 0.139 e. The summed E-state index contributed by atoms with van der Waals surface area (Å²) in [5.74, 6) is 1.26. The molecule has 0 saturated carbocycles. The third-order valence-electron chi connectivity index (χ3n) is 7.14. The molecule has 0 aliphatic heterocycles. The SMILES string of the molecule is C1=Cc2c(c3oc4c(c3c3c5c(ccc23)-c2ccccc2C5)CCCC4)CC1. The summed E-state index contributed by atoms with van der Waals surface area (Å²) in [6.07, 6.45) is 12.8. The van der Waals surface area contributed by atoms with Gasteiger partial charge in [-0.1, -0.05) is 48.6 Å². The van der Waals surface area contributed by atoms with Crippen LogP contribution in [0.25, 0.3) is 38.9 Å². The van der Waals surface area contributed by atoms with Crippen molar-refractivity contribution in [3.63, 3.8) is 0 Å². The highest BCUT2D eigenvalue weighted by Crippen LogP contribution is 2.48. The monoisotopic (exact) mass is 362 g/mol. The van der Waals surface area contributed by atoms with Crippen molar-refractivity contribution in [2.24, 2.45) is 0 Å². The molecule has 136 valence electrons. The molecule has 7 rings (SSSR count). The predicted octanol–water partition coefficient (Wildman–Crippen LogP) is 7.00. The van der Waals surface area contributed by atoms with Crippen molar-refractivity contribution < 1.29 is 4.42 Å². The summed E-state index contributed by atoms with van der Waals surface area (Å²) >= 11 is 0. The average Bonchev–Trinajstić information content (AvgIpc) is 3.32. The number of fused-ring (bicyclic) bond motifs is 12. The van der Waals surface area contributed by atoms with Crippen molar-refractivity contribution in [3.05, 3.63) is 76.1 Å². The number of hydrogen-bond donors (Lipinski definition) is 0. The van der Waals surface area contributed by atoms with E-state index in [-0.39, 0.29) is 0 Å². The van der Waals surface area contributed by atoms with Crippen LogP contribution in [-0.4, -0.2) is 0 Å². The van der Waals surface area contributed by atoms with Gasteiger partial charge in [-0.3, -0.25) is 0 Å². The maximum absolute atomic E-state index is 6.60. The Labute approximate surface area is 164 Å². The summed E-state index contributed by atoms with van der Waals surface area (Å²) in [5, 5.41) is 4.35. The van der Waals surface area contributed by atoms with Crippen LogP contribution >= 0.6 is 0 Å². The summed E-state index contributed by atoms with van der Waals surface area (Å²) in [6.45, 7) is 0. The van der Waals surface area contributed by atoms with Crippen LogP contribution < -0.4 is 0 Å². The first-order valence-corrected chi connectivity index (χ1v) is 10.7. The lowest BCUT2D eigenvalue weighted by molar-refractivity contribution is 0.504. The molecule has 0 radical (unpaired) electrons. The smallest absolute Gasteiger partial charge is 0.139 e. The molecule has 0 N–H and O–H groups in total. The topological polar surface area (TPSA) is 13.1 Å². The Hall–Kier alpha value is -2.80. The van der Waals surface area contributed by atoms with Crippen LogP contribution in [-0.2, 0) is 25.7 Å². The standard InChI is InChI=1S/C27H22O/c1-2-8-17-16(7-1)15-23-19(17)13-14-20-18-9-3-4-10-21(18)27-26(25(20)23)22-11-5-6-12-24(22)28-27/h1-3,7-9,13-14H,4-6,10-12,15H2. The Morgan fingerprint density at radius 3 is 2.68 bits per heavy atom. The van der Waals surface area contributed by atoms with E-state index in [4.69, 9.17) is 4.42 Å². The second-order valence-electron chi connectivity index (χ2n) is 8.60. The minimum absolute atomic E-state index is 1.04. The molecule has 0 atom stereocenters. The molecule has 3 aliphatic carbocycles. The lowest BCUT2D eigenvalue weighted by Gasteiger charge is -2.18. The van der Waals surface area contributed by atoms with Gasteiger partial charge in [0.2, 0.25) is 0 Å². The van der Waals surface area contributed by atoms with Gasteiger partial charge in [0.25, 0.3) is 0 Å². The molecule has 0 unspecified atom stereocenters. The zero-order valence-corrected chi connectivity index (χ0v) is 16.0. The van der Waals surface area contributed by atoms with E-state index in [0.717, 1.165) is 25.7 Å². The molecule has 1 heterocycles. The number of furan rings is 1. The Kier molecular flexibility index (Phi) is 2.91. The van der Waals surface area contributed by atoms with Gasteiger partial charge < -0.3 is 4.42 Å². The van der Waals surface area contributed by atoms with Crippen LogP contribution in [0.4, 0.5) is 0 Å². The molecule has 0 spiro atoms. The Balaban J connectivity index is 1.70. The largest absolute Gasteiger partial charge is 0.460 e. The molecule has 0 amide bonds. The zero-order chi connectivity index (χ0) is 18.2. The fourth-order valence-electron chi connectivity index (χ4n) is 5.92. The fraction of sp³-hybridized carbons (Fsp3) is 0.259. The Bertz CT molecular complexity index is 1330. The number of benzene rings is 3. The van der Waals surface area contributed by atoms with Crippen LogP contribution in [0.15, 0.2) is 46.9 Å². The fourth-order valence-corrected chi connectivity index (χ4v) is 5.92. The molecular formula is C27H22O. The molecule has 0 fully saturated rings. The van der Waals surface area contributed by atoms with Crippen molar-refractivity contribution in [2.75, 3.05) is 0 Å². The van der Waals surface area contributed by atoms with Gasteiger partial charge in [-0.25, -0.2) is 0 Å². The number of hydrogen-bond acceptors (Lipinski definition) is 1. The molecule has 1 nitrogen and oxygen atoms in total. The van der Waals surface area contributed by atoms with E-state index >= 15 is 0 Å². The van der Waals surface area contributed by atoms with E-state index in [1.807, 2.05) is 0 Å². The van der Waals surface area contributed by atoms with Gasteiger partial charge in [0, 0.05) is 22.9 Å². The van der Waals surface area contributed by atoms with Gasteiger partial charge in [-0.05, 0) is 77.1 Å². The molecular weight excluding hydrogens is 340 g/mol. The third kappa shape index (κ3) is 1.82. The molecule has 1 aromatic heterocycles.